The normalized spacial score (nSPS) is 16.5. The summed E-state index contributed by atoms with van der Waals surface area (Å²) >= 11 is 0. The second-order valence-corrected chi connectivity index (χ2v) is 8.03. The number of carbonyl (C=O) groups excluding carboxylic acids is 2. The van der Waals surface area contributed by atoms with Gasteiger partial charge < -0.3 is 19.9 Å². The third-order valence-electron chi connectivity index (χ3n) is 5.56. The lowest BCUT2D eigenvalue weighted by molar-refractivity contribution is 0.0298. The molecule has 1 saturated heterocycles. The number of hydrogen-bond donors (Lipinski definition) is 1. The van der Waals surface area contributed by atoms with Gasteiger partial charge in [0.25, 0.3) is 5.91 Å². The fourth-order valence-electron chi connectivity index (χ4n) is 3.97. The number of hydrogen-bond acceptors (Lipinski definition) is 5. The number of nitrogens with zero attached hydrogens (tertiary/aromatic N) is 5. The topological polar surface area (TPSA) is 92.6 Å². The van der Waals surface area contributed by atoms with E-state index in [1.54, 1.807) is 9.58 Å². The van der Waals surface area contributed by atoms with Gasteiger partial charge >= 0.3 is 6.03 Å². The Morgan fingerprint density at radius 3 is 2.63 bits per heavy atom. The van der Waals surface area contributed by atoms with Crippen LogP contribution in [-0.4, -0.2) is 75.6 Å². The highest BCUT2D eigenvalue weighted by Crippen LogP contribution is 2.26. The van der Waals surface area contributed by atoms with Gasteiger partial charge in [0, 0.05) is 32.2 Å². The molecule has 0 saturated carbocycles. The van der Waals surface area contributed by atoms with Crippen molar-refractivity contribution in [3.05, 3.63) is 40.7 Å². The first-order valence-electron chi connectivity index (χ1n) is 10.4. The molecule has 0 aliphatic carbocycles. The summed E-state index contributed by atoms with van der Waals surface area (Å²) in [5.41, 5.74) is 4.25. The Hall–Kier alpha value is -2.94. The zero-order valence-electron chi connectivity index (χ0n) is 17.7. The molecule has 2 aliphatic rings. The van der Waals surface area contributed by atoms with Crippen molar-refractivity contribution in [2.45, 2.75) is 39.8 Å². The molecular weight excluding hydrogens is 384 g/mol. The van der Waals surface area contributed by atoms with E-state index in [1.165, 1.54) is 0 Å². The number of fused-ring (bicyclic) bond motifs is 1. The van der Waals surface area contributed by atoms with Crippen molar-refractivity contribution in [2.75, 3.05) is 32.8 Å². The van der Waals surface area contributed by atoms with E-state index in [9.17, 15) is 9.59 Å². The number of benzene rings is 1. The van der Waals surface area contributed by atoms with Crippen LogP contribution in [0.1, 0.15) is 41.2 Å². The van der Waals surface area contributed by atoms with Gasteiger partial charge in [0.05, 0.1) is 24.6 Å². The molecule has 4 rings (SSSR count). The highest BCUT2D eigenvalue weighted by molar-refractivity contribution is 5.93. The van der Waals surface area contributed by atoms with Gasteiger partial charge in [-0.2, -0.15) is 0 Å². The fourth-order valence-corrected chi connectivity index (χ4v) is 3.97. The highest BCUT2D eigenvalue weighted by atomic mass is 16.5. The molecule has 0 radical (unpaired) electrons. The lowest BCUT2D eigenvalue weighted by Crippen LogP contribution is -2.45. The average molecular weight is 412 g/mol. The summed E-state index contributed by atoms with van der Waals surface area (Å²) in [6, 6.07) is 6.05. The molecule has 9 heteroatoms. The number of urea groups is 1. The van der Waals surface area contributed by atoms with Crippen LogP contribution in [-0.2, 0) is 17.7 Å². The summed E-state index contributed by atoms with van der Waals surface area (Å²) in [6.45, 7) is 9.20. The zero-order valence-corrected chi connectivity index (χ0v) is 17.7. The van der Waals surface area contributed by atoms with Crippen molar-refractivity contribution in [3.8, 4) is 5.69 Å². The molecule has 1 aromatic carbocycles. The first-order chi connectivity index (χ1) is 14.5. The van der Waals surface area contributed by atoms with E-state index in [4.69, 9.17) is 4.74 Å². The van der Waals surface area contributed by atoms with E-state index in [-0.39, 0.29) is 18.0 Å². The summed E-state index contributed by atoms with van der Waals surface area (Å²) < 4.78 is 7.08. The van der Waals surface area contributed by atoms with Crippen molar-refractivity contribution in [1.29, 1.82) is 0 Å². The van der Waals surface area contributed by atoms with Gasteiger partial charge in [-0.05, 0) is 44.4 Å². The standard InChI is InChI=1S/C21H28N6O3/c1-14(2)22-21(29)26-8-7-17-16(13-26)5-4-6-18(17)27-15(3)19(23-24-27)20(28)25-9-11-30-12-10-25/h4-6,14H,7-13H2,1-3H3,(H,22,29). The molecule has 2 aliphatic heterocycles. The number of amides is 3. The summed E-state index contributed by atoms with van der Waals surface area (Å²) in [6.07, 6.45) is 0.725. The van der Waals surface area contributed by atoms with Crippen LogP contribution in [0.3, 0.4) is 0 Å². The number of aromatic nitrogens is 3. The summed E-state index contributed by atoms with van der Waals surface area (Å²) in [5, 5.41) is 11.5. The Kier molecular flexibility index (Phi) is 5.72. The number of carbonyl (C=O) groups is 2. The molecule has 9 nitrogen and oxygen atoms in total. The van der Waals surface area contributed by atoms with Gasteiger partial charge in [0.1, 0.15) is 0 Å². The van der Waals surface area contributed by atoms with E-state index in [1.807, 2.05) is 43.9 Å². The van der Waals surface area contributed by atoms with Crippen molar-refractivity contribution in [3.63, 3.8) is 0 Å². The molecule has 0 unspecified atom stereocenters. The molecule has 3 amide bonds. The van der Waals surface area contributed by atoms with Gasteiger partial charge in [-0.15, -0.1) is 5.10 Å². The Labute approximate surface area is 176 Å². The van der Waals surface area contributed by atoms with Gasteiger partial charge in [0.2, 0.25) is 0 Å². The Bertz CT molecular complexity index is 948. The summed E-state index contributed by atoms with van der Waals surface area (Å²) in [7, 11) is 0. The van der Waals surface area contributed by atoms with Crippen LogP contribution >= 0.6 is 0 Å². The molecule has 0 atom stereocenters. The van der Waals surface area contributed by atoms with E-state index < -0.39 is 0 Å². The Balaban J connectivity index is 1.59. The maximum atomic E-state index is 12.9. The van der Waals surface area contributed by atoms with Crippen LogP contribution in [0.2, 0.25) is 0 Å². The van der Waals surface area contributed by atoms with Crippen molar-refractivity contribution in [1.82, 2.24) is 30.1 Å². The molecule has 0 bridgehead atoms. The van der Waals surface area contributed by atoms with Gasteiger partial charge in [0.15, 0.2) is 5.69 Å². The minimum atomic E-state index is -0.108. The van der Waals surface area contributed by atoms with Crippen LogP contribution < -0.4 is 5.32 Å². The Morgan fingerprint density at radius 2 is 1.90 bits per heavy atom. The molecule has 2 aromatic rings. The predicted octanol–water partition coefficient (Wildman–Crippen LogP) is 1.52. The summed E-state index contributed by atoms with van der Waals surface area (Å²) in [5.74, 6) is -0.108. The third-order valence-corrected chi connectivity index (χ3v) is 5.56. The average Bonchev–Trinajstić information content (AvgIpc) is 3.13. The first kappa shape index (κ1) is 20.3. The number of nitrogens with one attached hydrogen (secondary N) is 1. The molecular formula is C21H28N6O3. The number of ether oxygens (including phenoxy) is 1. The largest absolute Gasteiger partial charge is 0.378 e. The molecule has 1 N–H and O–H groups in total. The second kappa shape index (κ2) is 8.43. The second-order valence-electron chi connectivity index (χ2n) is 8.03. The van der Waals surface area contributed by atoms with E-state index in [0.717, 1.165) is 28.9 Å². The van der Waals surface area contributed by atoms with Crippen LogP contribution in [0.25, 0.3) is 5.69 Å². The van der Waals surface area contributed by atoms with Crippen molar-refractivity contribution in [2.24, 2.45) is 0 Å². The van der Waals surface area contributed by atoms with Gasteiger partial charge in [-0.25, -0.2) is 9.48 Å². The molecule has 1 fully saturated rings. The molecule has 30 heavy (non-hydrogen) atoms. The van der Waals surface area contributed by atoms with Crippen LogP contribution in [0, 0.1) is 6.92 Å². The number of morpholine rings is 1. The SMILES string of the molecule is Cc1c(C(=O)N2CCOCC2)nnn1-c1cccc2c1CCN(C(=O)NC(C)C)C2. The van der Waals surface area contributed by atoms with Crippen molar-refractivity contribution >= 4 is 11.9 Å². The first-order valence-corrected chi connectivity index (χ1v) is 10.4. The quantitative estimate of drug-likeness (QED) is 0.825. The summed E-state index contributed by atoms with van der Waals surface area (Å²) in [4.78, 5) is 28.8. The molecule has 1 aromatic heterocycles. The van der Waals surface area contributed by atoms with Crippen LogP contribution in [0.15, 0.2) is 18.2 Å². The third kappa shape index (κ3) is 3.89. The van der Waals surface area contributed by atoms with Gasteiger partial charge in [-0.3, -0.25) is 4.79 Å². The lowest BCUT2D eigenvalue weighted by atomic mass is 9.98. The molecule has 160 valence electrons. The smallest absolute Gasteiger partial charge is 0.317 e. The maximum Gasteiger partial charge on any atom is 0.317 e. The highest BCUT2D eigenvalue weighted by Gasteiger charge is 2.27. The monoisotopic (exact) mass is 412 g/mol. The minimum Gasteiger partial charge on any atom is -0.378 e. The maximum absolute atomic E-state index is 12.9. The number of rotatable bonds is 3. The molecule has 0 spiro atoms. The Morgan fingerprint density at radius 1 is 1.13 bits per heavy atom. The minimum absolute atomic E-state index is 0.0450. The van der Waals surface area contributed by atoms with Crippen LogP contribution in [0.4, 0.5) is 4.79 Å². The van der Waals surface area contributed by atoms with Crippen LogP contribution in [0.5, 0.6) is 0 Å². The van der Waals surface area contributed by atoms with Crippen molar-refractivity contribution < 1.29 is 14.3 Å². The van der Waals surface area contributed by atoms with E-state index >= 15 is 0 Å². The lowest BCUT2D eigenvalue weighted by Gasteiger charge is -2.31. The zero-order chi connectivity index (χ0) is 21.3. The van der Waals surface area contributed by atoms with E-state index in [0.29, 0.717) is 45.1 Å². The van der Waals surface area contributed by atoms with E-state index in [2.05, 4.69) is 15.6 Å². The van der Waals surface area contributed by atoms with Gasteiger partial charge in [-0.1, -0.05) is 17.3 Å². The fraction of sp³-hybridized carbons (Fsp3) is 0.524. The molecule has 3 heterocycles. The predicted molar refractivity (Wildman–Crippen MR) is 111 cm³/mol.